The van der Waals surface area contributed by atoms with E-state index in [9.17, 15) is 22.8 Å². The van der Waals surface area contributed by atoms with Crippen LogP contribution in [0.25, 0.3) is 0 Å². The Morgan fingerprint density at radius 1 is 0.958 bits per heavy atom. The van der Waals surface area contributed by atoms with E-state index in [0.717, 1.165) is 0 Å². The molecule has 128 valence electrons. The van der Waals surface area contributed by atoms with Crippen LogP contribution in [-0.4, -0.2) is 30.3 Å². The third-order valence-corrected chi connectivity index (χ3v) is 4.66. The molecular weight excluding hydrogens is 319 g/mol. The van der Waals surface area contributed by atoms with E-state index in [2.05, 4.69) is 5.32 Å². The molecule has 6 heteroatoms. The average Bonchev–Trinajstić information content (AvgIpc) is 2.75. The van der Waals surface area contributed by atoms with Crippen LogP contribution in [0.4, 0.5) is 13.2 Å². The minimum absolute atomic E-state index is 0.110. The highest BCUT2D eigenvalue weighted by atomic mass is 19.4. The van der Waals surface area contributed by atoms with E-state index in [1.54, 1.807) is 24.3 Å². The second-order valence-electron chi connectivity index (χ2n) is 6.25. The summed E-state index contributed by atoms with van der Waals surface area (Å²) < 4.78 is 36.7. The quantitative estimate of drug-likeness (QED) is 0.911. The van der Waals surface area contributed by atoms with Crippen LogP contribution < -0.4 is 5.32 Å². The molecule has 2 aliphatic rings. The second kappa shape index (κ2) is 6.51. The number of rotatable bonds is 3. The molecule has 0 spiro atoms. The molecule has 0 atom stereocenters. The lowest BCUT2D eigenvalue weighted by atomic mass is 9.82. The van der Waals surface area contributed by atoms with Gasteiger partial charge in [0.2, 0.25) is 0 Å². The third kappa shape index (κ3) is 3.43. The first-order valence-corrected chi connectivity index (χ1v) is 8.07. The van der Waals surface area contributed by atoms with E-state index in [1.807, 2.05) is 0 Å². The van der Waals surface area contributed by atoms with Crippen LogP contribution in [0.1, 0.15) is 52.8 Å². The van der Waals surface area contributed by atoms with Gasteiger partial charge in [-0.1, -0.05) is 24.3 Å². The summed E-state index contributed by atoms with van der Waals surface area (Å²) in [5.41, 5.74) is 1.95. The molecule has 0 saturated heterocycles. The van der Waals surface area contributed by atoms with Crippen molar-refractivity contribution in [3.05, 3.63) is 46.5 Å². The Bertz CT molecular complexity index is 657. The van der Waals surface area contributed by atoms with Crippen molar-refractivity contribution in [1.29, 1.82) is 0 Å². The number of carbonyl (C=O) groups excluding carboxylic acids is 2. The van der Waals surface area contributed by atoms with Crippen molar-refractivity contribution >= 4 is 11.6 Å². The summed E-state index contributed by atoms with van der Waals surface area (Å²) in [4.78, 5) is 25.2. The predicted octanol–water partition coefficient (Wildman–Crippen LogP) is 3.85. The molecule has 1 aromatic carbocycles. The Morgan fingerprint density at radius 2 is 1.46 bits per heavy atom. The molecule has 1 N–H and O–H groups in total. The Hall–Kier alpha value is -1.95. The number of halogens is 3. The van der Waals surface area contributed by atoms with Crippen molar-refractivity contribution in [3.8, 4) is 0 Å². The van der Waals surface area contributed by atoms with E-state index >= 15 is 0 Å². The Labute approximate surface area is 137 Å². The average molecular weight is 337 g/mol. The molecule has 0 saturated carbocycles. The van der Waals surface area contributed by atoms with E-state index in [0.29, 0.717) is 48.0 Å². The summed E-state index contributed by atoms with van der Waals surface area (Å²) in [6, 6.07) is 6.66. The van der Waals surface area contributed by atoms with E-state index in [4.69, 9.17) is 0 Å². The zero-order valence-corrected chi connectivity index (χ0v) is 13.1. The van der Waals surface area contributed by atoms with Crippen molar-refractivity contribution in [2.45, 2.75) is 44.3 Å². The fourth-order valence-corrected chi connectivity index (χ4v) is 3.41. The molecule has 0 bridgehead atoms. The maximum atomic E-state index is 12.6. The maximum absolute atomic E-state index is 12.6. The van der Waals surface area contributed by atoms with E-state index in [-0.39, 0.29) is 24.2 Å². The monoisotopic (exact) mass is 337 g/mol. The van der Waals surface area contributed by atoms with Gasteiger partial charge in [0.1, 0.15) is 0 Å². The number of alkyl halides is 3. The zero-order chi connectivity index (χ0) is 17.3. The van der Waals surface area contributed by atoms with Crippen LogP contribution in [0, 0.1) is 0 Å². The lowest BCUT2D eigenvalue weighted by molar-refractivity contribution is -0.133. The summed E-state index contributed by atoms with van der Waals surface area (Å²) in [5, 5.41) is 2.91. The van der Waals surface area contributed by atoms with Gasteiger partial charge in [-0.05, 0) is 25.7 Å². The second-order valence-corrected chi connectivity index (χ2v) is 6.25. The highest BCUT2D eigenvalue weighted by molar-refractivity contribution is 6.26. The molecular formula is C18H18F3NO2. The summed E-state index contributed by atoms with van der Waals surface area (Å²) in [5.74, 6) is -0.229. The summed E-state index contributed by atoms with van der Waals surface area (Å²) in [6.07, 6.45) is -3.06. The molecule has 0 radical (unpaired) electrons. The first-order valence-electron chi connectivity index (χ1n) is 8.07. The van der Waals surface area contributed by atoms with Gasteiger partial charge in [-0.3, -0.25) is 9.59 Å². The van der Waals surface area contributed by atoms with Gasteiger partial charge < -0.3 is 5.32 Å². The number of ketones is 2. The Kier molecular flexibility index (Phi) is 4.58. The minimum Gasteiger partial charge on any atom is -0.314 e. The van der Waals surface area contributed by atoms with Gasteiger partial charge >= 0.3 is 6.18 Å². The molecule has 1 aromatic rings. The van der Waals surface area contributed by atoms with Crippen molar-refractivity contribution in [2.75, 3.05) is 6.54 Å². The molecule has 24 heavy (non-hydrogen) atoms. The highest BCUT2D eigenvalue weighted by Gasteiger charge is 2.34. The first-order chi connectivity index (χ1) is 11.4. The topological polar surface area (TPSA) is 46.2 Å². The largest absolute Gasteiger partial charge is 0.390 e. The highest BCUT2D eigenvalue weighted by Crippen LogP contribution is 2.34. The molecule has 0 unspecified atom stereocenters. The SMILES string of the molecule is O=C1C2=C(CCC(NCCC(F)(F)F)CC2)C(=O)c2ccccc21. The molecule has 2 aliphatic carbocycles. The predicted molar refractivity (Wildman–Crippen MR) is 83.1 cm³/mol. The fraction of sp³-hybridized carbons (Fsp3) is 0.444. The van der Waals surface area contributed by atoms with Crippen LogP contribution in [-0.2, 0) is 0 Å². The van der Waals surface area contributed by atoms with Gasteiger partial charge in [-0.2, -0.15) is 13.2 Å². The van der Waals surface area contributed by atoms with Crippen molar-refractivity contribution < 1.29 is 22.8 Å². The lowest BCUT2D eigenvalue weighted by Gasteiger charge is -2.19. The van der Waals surface area contributed by atoms with Gasteiger partial charge in [-0.25, -0.2) is 0 Å². The molecule has 3 rings (SSSR count). The van der Waals surface area contributed by atoms with Crippen molar-refractivity contribution in [3.63, 3.8) is 0 Å². The van der Waals surface area contributed by atoms with Crippen LogP contribution in [0.5, 0.6) is 0 Å². The van der Waals surface area contributed by atoms with Gasteiger partial charge in [0.05, 0.1) is 6.42 Å². The summed E-state index contributed by atoms with van der Waals surface area (Å²) in [7, 11) is 0. The lowest BCUT2D eigenvalue weighted by Crippen LogP contribution is -2.32. The van der Waals surface area contributed by atoms with Gasteiger partial charge in [0.15, 0.2) is 11.6 Å². The van der Waals surface area contributed by atoms with Crippen molar-refractivity contribution in [2.24, 2.45) is 0 Å². The van der Waals surface area contributed by atoms with E-state index in [1.165, 1.54) is 0 Å². The van der Waals surface area contributed by atoms with Crippen LogP contribution in [0.3, 0.4) is 0 Å². The number of allylic oxidation sites excluding steroid dienone is 2. The van der Waals surface area contributed by atoms with Crippen LogP contribution in [0.15, 0.2) is 35.4 Å². The number of fused-ring (bicyclic) bond motifs is 1. The molecule has 0 amide bonds. The number of hydrogen-bond acceptors (Lipinski definition) is 3. The zero-order valence-electron chi connectivity index (χ0n) is 13.1. The number of benzene rings is 1. The number of Topliss-reactive ketones (excluding diaryl/α,β-unsaturated/α-hetero) is 2. The Balaban J connectivity index is 1.70. The third-order valence-electron chi connectivity index (χ3n) is 4.66. The summed E-state index contributed by atoms with van der Waals surface area (Å²) in [6.45, 7) is -0.138. The summed E-state index contributed by atoms with van der Waals surface area (Å²) >= 11 is 0. The van der Waals surface area contributed by atoms with Crippen LogP contribution >= 0.6 is 0 Å². The van der Waals surface area contributed by atoms with E-state index < -0.39 is 12.6 Å². The molecule has 0 aliphatic heterocycles. The normalized spacial score (nSPS) is 19.1. The van der Waals surface area contributed by atoms with Gasteiger partial charge in [0.25, 0.3) is 0 Å². The maximum Gasteiger partial charge on any atom is 0.390 e. The van der Waals surface area contributed by atoms with Gasteiger partial charge in [-0.15, -0.1) is 0 Å². The first kappa shape index (κ1) is 16.9. The number of carbonyl (C=O) groups is 2. The van der Waals surface area contributed by atoms with Crippen LogP contribution in [0.2, 0.25) is 0 Å². The fourth-order valence-electron chi connectivity index (χ4n) is 3.41. The Morgan fingerprint density at radius 3 is 1.92 bits per heavy atom. The molecule has 0 heterocycles. The number of hydrogen-bond donors (Lipinski definition) is 1. The molecule has 0 fully saturated rings. The smallest absolute Gasteiger partial charge is 0.314 e. The standard InChI is InChI=1S/C18H18F3NO2/c19-18(20,21)9-10-22-11-5-7-14-15(8-6-11)17(24)13-4-2-1-3-12(13)16(14)23/h1-4,11,22H,5-10H2. The molecule has 0 aromatic heterocycles. The number of nitrogens with one attached hydrogen (secondary N) is 1. The van der Waals surface area contributed by atoms with Gasteiger partial charge in [0, 0.05) is 34.9 Å². The molecule has 3 nitrogen and oxygen atoms in total. The van der Waals surface area contributed by atoms with Crippen molar-refractivity contribution in [1.82, 2.24) is 5.32 Å². The minimum atomic E-state index is -4.18.